The predicted octanol–water partition coefficient (Wildman–Crippen LogP) is 2.64. The second-order valence-electron chi connectivity index (χ2n) is 6.57. The molecule has 0 aliphatic carbocycles. The first-order valence-electron chi connectivity index (χ1n) is 9.83. The molecule has 160 valence electrons. The minimum absolute atomic E-state index is 0.0325. The third kappa shape index (κ3) is 5.60. The number of nitrogens with zero attached hydrogens (tertiary/aromatic N) is 2. The number of nitro groups is 1. The van der Waals surface area contributed by atoms with E-state index in [2.05, 4.69) is 5.32 Å². The number of nitrogens with one attached hydrogen (secondary N) is 1. The maximum Gasteiger partial charge on any atom is 0.282 e. The van der Waals surface area contributed by atoms with Gasteiger partial charge >= 0.3 is 0 Å². The summed E-state index contributed by atoms with van der Waals surface area (Å²) in [7, 11) is 0. The lowest BCUT2D eigenvalue weighted by atomic mass is 10.1. The Labute approximate surface area is 174 Å². The third-order valence-electron chi connectivity index (χ3n) is 4.59. The van der Waals surface area contributed by atoms with Gasteiger partial charge in [-0.1, -0.05) is 0 Å². The summed E-state index contributed by atoms with van der Waals surface area (Å²) >= 11 is 0. The molecular formula is C21H25N3O6. The summed E-state index contributed by atoms with van der Waals surface area (Å²) in [6.45, 7) is 5.47. The Morgan fingerprint density at radius 3 is 2.43 bits per heavy atom. The highest BCUT2D eigenvalue weighted by Crippen LogP contribution is 2.26. The minimum atomic E-state index is -0.547. The highest BCUT2D eigenvalue weighted by molar-refractivity contribution is 5.99. The second-order valence-corrected chi connectivity index (χ2v) is 6.57. The summed E-state index contributed by atoms with van der Waals surface area (Å²) in [6, 6.07) is 11.8. The second kappa shape index (κ2) is 10.4. The lowest BCUT2D eigenvalue weighted by molar-refractivity contribution is -0.385. The van der Waals surface area contributed by atoms with Gasteiger partial charge in [0, 0.05) is 24.8 Å². The average Bonchev–Trinajstić information content (AvgIpc) is 2.78. The topological polar surface area (TPSA) is 103 Å². The van der Waals surface area contributed by atoms with E-state index in [0.717, 1.165) is 11.4 Å². The SMILES string of the molecule is CCOc1ccc(OCCNC(=O)c2cc(N3CCOCC3)ccc2[N+](=O)[O-])cc1. The lowest BCUT2D eigenvalue weighted by Gasteiger charge is -2.29. The number of carbonyl (C=O) groups excluding carboxylic acids is 1. The van der Waals surface area contributed by atoms with Gasteiger partial charge in [0.05, 0.1) is 31.3 Å². The monoisotopic (exact) mass is 415 g/mol. The van der Waals surface area contributed by atoms with Crippen LogP contribution in [0.25, 0.3) is 0 Å². The van der Waals surface area contributed by atoms with Gasteiger partial charge in [-0.25, -0.2) is 0 Å². The molecule has 1 aliphatic rings. The number of rotatable bonds is 9. The van der Waals surface area contributed by atoms with Crippen LogP contribution in [-0.4, -0.2) is 56.9 Å². The lowest BCUT2D eigenvalue weighted by Crippen LogP contribution is -2.36. The van der Waals surface area contributed by atoms with Gasteiger partial charge in [-0.15, -0.1) is 0 Å². The highest BCUT2D eigenvalue weighted by atomic mass is 16.6. The van der Waals surface area contributed by atoms with Gasteiger partial charge in [0.25, 0.3) is 11.6 Å². The molecule has 9 nitrogen and oxygen atoms in total. The zero-order valence-corrected chi connectivity index (χ0v) is 16.8. The van der Waals surface area contributed by atoms with Gasteiger partial charge in [-0.05, 0) is 43.3 Å². The number of anilines is 1. The van der Waals surface area contributed by atoms with Crippen LogP contribution in [-0.2, 0) is 4.74 Å². The number of benzene rings is 2. The van der Waals surface area contributed by atoms with Gasteiger partial charge in [-0.2, -0.15) is 0 Å². The van der Waals surface area contributed by atoms with Gasteiger partial charge in [0.15, 0.2) is 0 Å². The van der Waals surface area contributed by atoms with Gasteiger partial charge in [-0.3, -0.25) is 14.9 Å². The van der Waals surface area contributed by atoms with Crippen LogP contribution >= 0.6 is 0 Å². The van der Waals surface area contributed by atoms with Crippen molar-refractivity contribution in [3.8, 4) is 11.5 Å². The molecule has 0 saturated carbocycles. The Bertz CT molecular complexity index is 866. The van der Waals surface area contributed by atoms with Crippen molar-refractivity contribution in [2.45, 2.75) is 6.92 Å². The van der Waals surface area contributed by atoms with E-state index in [1.165, 1.54) is 6.07 Å². The first-order chi connectivity index (χ1) is 14.6. The van der Waals surface area contributed by atoms with E-state index in [1.54, 1.807) is 36.4 Å². The molecule has 1 N–H and O–H groups in total. The number of hydrogen-bond donors (Lipinski definition) is 1. The van der Waals surface area contributed by atoms with E-state index < -0.39 is 10.8 Å². The Morgan fingerprint density at radius 1 is 1.13 bits per heavy atom. The zero-order chi connectivity index (χ0) is 21.3. The van der Waals surface area contributed by atoms with Crippen LogP contribution in [0.2, 0.25) is 0 Å². The molecule has 0 atom stereocenters. The molecule has 0 aromatic heterocycles. The third-order valence-corrected chi connectivity index (χ3v) is 4.59. The summed E-state index contributed by atoms with van der Waals surface area (Å²) in [5, 5.41) is 14.0. The van der Waals surface area contributed by atoms with E-state index in [0.29, 0.717) is 38.7 Å². The van der Waals surface area contributed by atoms with Crippen LogP contribution in [0.1, 0.15) is 17.3 Å². The molecule has 2 aromatic carbocycles. The number of amides is 1. The molecule has 2 aromatic rings. The highest BCUT2D eigenvalue weighted by Gasteiger charge is 2.22. The Morgan fingerprint density at radius 2 is 1.80 bits per heavy atom. The molecule has 1 saturated heterocycles. The quantitative estimate of drug-likeness (QED) is 0.381. The van der Waals surface area contributed by atoms with Gasteiger partial charge in [0.1, 0.15) is 23.7 Å². The first kappa shape index (κ1) is 21.4. The maximum absolute atomic E-state index is 12.6. The molecule has 0 radical (unpaired) electrons. The summed E-state index contributed by atoms with van der Waals surface area (Å²) in [6.07, 6.45) is 0. The van der Waals surface area contributed by atoms with Crippen LogP contribution < -0.4 is 19.7 Å². The van der Waals surface area contributed by atoms with Crippen molar-refractivity contribution < 1.29 is 23.9 Å². The molecule has 9 heteroatoms. The van der Waals surface area contributed by atoms with Gasteiger partial charge in [0.2, 0.25) is 0 Å². The van der Waals surface area contributed by atoms with Crippen LogP contribution in [0.15, 0.2) is 42.5 Å². The van der Waals surface area contributed by atoms with Crippen molar-refractivity contribution in [2.24, 2.45) is 0 Å². The van der Waals surface area contributed by atoms with Crippen LogP contribution in [0.4, 0.5) is 11.4 Å². The largest absolute Gasteiger partial charge is 0.494 e. The smallest absolute Gasteiger partial charge is 0.282 e. The van der Waals surface area contributed by atoms with Crippen LogP contribution in [0.5, 0.6) is 11.5 Å². The summed E-state index contributed by atoms with van der Waals surface area (Å²) in [4.78, 5) is 25.5. The molecule has 1 fully saturated rings. The van der Waals surface area contributed by atoms with Crippen LogP contribution in [0, 0.1) is 10.1 Å². The fourth-order valence-corrected chi connectivity index (χ4v) is 3.11. The van der Waals surface area contributed by atoms with E-state index >= 15 is 0 Å². The Balaban J connectivity index is 1.58. The minimum Gasteiger partial charge on any atom is -0.494 e. The molecule has 1 heterocycles. The molecule has 1 amide bonds. The molecule has 0 unspecified atom stereocenters. The summed E-state index contributed by atoms with van der Waals surface area (Å²) in [5.41, 5.74) is 0.571. The van der Waals surface area contributed by atoms with Crippen molar-refractivity contribution in [1.29, 1.82) is 0 Å². The fraction of sp³-hybridized carbons (Fsp3) is 0.381. The van der Waals surface area contributed by atoms with E-state index in [1.807, 2.05) is 11.8 Å². The molecule has 30 heavy (non-hydrogen) atoms. The molecular weight excluding hydrogens is 390 g/mol. The fourth-order valence-electron chi connectivity index (χ4n) is 3.11. The maximum atomic E-state index is 12.6. The predicted molar refractivity (Wildman–Crippen MR) is 112 cm³/mol. The van der Waals surface area contributed by atoms with E-state index in [9.17, 15) is 14.9 Å². The number of carbonyl (C=O) groups is 1. The number of hydrogen-bond acceptors (Lipinski definition) is 7. The van der Waals surface area contributed by atoms with Crippen molar-refractivity contribution in [3.63, 3.8) is 0 Å². The molecule has 0 bridgehead atoms. The van der Waals surface area contributed by atoms with Crippen molar-refractivity contribution >= 4 is 17.3 Å². The van der Waals surface area contributed by atoms with Crippen LogP contribution in [0.3, 0.4) is 0 Å². The summed E-state index contributed by atoms with van der Waals surface area (Å²) < 4.78 is 16.3. The van der Waals surface area contributed by atoms with Crippen molar-refractivity contribution in [2.75, 3.05) is 51.0 Å². The Kier molecular flexibility index (Phi) is 7.45. The summed E-state index contributed by atoms with van der Waals surface area (Å²) in [5.74, 6) is 0.894. The average molecular weight is 415 g/mol. The molecule has 1 aliphatic heterocycles. The van der Waals surface area contributed by atoms with E-state index in [4.69, 9.17) is 14.2 Å². The Hall–Kier alpha value is -3.33. The standard InChI is InChI=1S/C21H25N3O6/c1-2-29-17-4-6-18(7-5-17)30-12-9-22-21(25)19-15-16(3-8-20(19)24(26)27)23-10-13-28-14-11-23/h3-8,15H,2,9-14H2,1H3,(H,22,25). The number of morpholine rings is 1. The molecule has 0 spiro atoms. The van der Waals surface area contributed by atoms with Crippen molar-refractivity contribution in [1.82, 2.24) is 5.32 Å². The number of ether oxygens (including phenoxy) is 3. The zero-order valence-electron chi connectivity index (χ0n) is 16.8. The van der Waals surface area contributed by atoms with Gasteiger partial charge < -0.3 is 24.4 Å². The first-order valence-corrected chi connectivity index (χ1v) is 9.83. The number of nitro benzene ring substituents is 1. The van der Waals surface area contributed by atoms with E-state index in [-0.39, 0.29) is 24.4 Å². The molecule has 3 rings (SSSR count). The normalized spacial score (nSPS) is 13.6. The van der Waals surface area contributed by atoms with Crippen molar-refractivity contribution in [3.05, 3.63) is 58.1 Å².